The molecule has 0 spiro atoms. The van der Waals surface area contributed by atoms with Crippen LogP contribution in [-0.2, 0) is 4.79 Å². The van der Waals surface area contributed by atoms with Crippen LogP contribution in [0.1, 0.15) is 12.5 Å². The molecule has 0 bridgehead atoms. The molecular weight excluding hydrogens is 254 g/mol. The Morgan fingerprint density at radius 2 is 2.53 bits per heavy atom. The van der Waals surface area contributed by atoms with E-state index >= 15 is 0 Å². The molecule has 0 aliphatic heterocycles. The summed E-state index contributed by atoms with van der Waals surface area (Å²) < 4.78 is 0. The van der Waals surface area contributed by atoms with E-state index in [1.165, 1.54) is 11.3 Å². The lowest BCUT2D eigenvalue weighted by atomic mass is 10.2. The molecule has 1 aromatic rings. The van der Waals surface area contributed by atoms with Crippen LogP contribution in [0, 0.1) is 17.2 Å². The molecule has 0 fully saturated rings. The maximum atomic E-state index is 11.6. The molecule has 1 unspecified atom stereocenters. The summed E-state index contributed by atoms with van der Waals surface area (Å²) in [6, 6.07) is 3.74. The van der Waals surface area contributed by atoms with Crippen molar-refractivity contribution < 1.29 is 4.79 Å². The average molecular weight is 269 g/mol. The van der Waals surface area contributed by atoms with Gasteiger partial charge in [-0.2, -0.15) is 17.0 Å². The third-order valence-electron chi connectivity index (χ3n) is 2.08. The number of nitrogens with two attached hydrogens (primary N) is 1. The molecule has 1 heterocycles. The number of amides is 1. The van der Waals surface area contributed by atoms with Gasteiger partial charge in [0, 0.05) is 0 Å². The van der Waals surface area contributed by atoms with Gasteiger partial charge in [0.25, 0.3) is 0 Å². The quantitative estimate of drug-likeness (QED) is 0.826. The van der Waals surface area contributed by atoms with Crippen molar-refractivity contribution in [1.82, 2.24) is 0 Å². The second-order valence-electron chi connectivity index (χ2n) is 3.68. The molecule has 0 aromatic carbocycles. The van der Waals surface area contributed by atoms with E-state index in [0.717, 1.165) is 5.75 Å². The van der Waals surface area contributed by atoms with E-state index in [-0.39, 0.29) is 5.91 Å². The fraction of sp³-hybridized carbons (Fsp3) is 0.455. The zero-order chi connectivity index (χ0) is 12.7. The highest BCUT2D eigenvalue weighted by Crippen LogP contribution is 2.22. The molecule has 1 aromatic heterocycles. The second-order valence-corrected chi connectivity index (χ2v) is 5.63. The zero-order valence-electron chi connectivity index (χ0n) is 9.60. The molecule has 3 N–H and O–H groups in total. The highest BCUT2D eigenvalue weighted by Gasteiger charge is 2.08. The first-order valence-electron chi connectivity index (χ1n) is 5.22. The van der Waals surface area contributed by atoms with Gasteiger partial charge in [-0.15, -0.1) is 11.3 Å². The topological polar surface area (TPSA) is 78.9 Å². The smallest absolute Gasteiger partial charge is 0.235 e. The molecule has 6 heteroatoms. The third kappa shape index (κ3) is 4.77. The summed E-state index contributed by atoms with van der Waals surface area (Å²) >= 11 is 2.92. The largest absolute Gasteiger partial charge is 0.330 e. The number of rotatable bonds is 6. The Hall–Kier alpha value is -1.03. The van der Waals surface area contributed by atoms with Gasteiger partial charge in [-0.05, 0) is 29.7 Å². The predicted molar refractivity (Wildman–Crippen MR) is 73.2 cm³/mol. The van der Waals surface area contributed by atoms with Crippen LogP contribution in [0.15, 0.2) is 11.4 Å². The van der Waals surface area contributed by atoms with E-state index in [4.69, 9.17) is 11.0 Å². The van der Waals surface area contributed by atoms with E-state index in [1.54, 1.807) is 23.2 Å². The number of nitrogens with zero attached hydrogens (tertiary/aromatic N) is 1. The number of anilines is 1. The number of carbonyl (C=O) groups excluding carboxylic acids is 1. The van der Waals surface area contributed by atoms with Crippen molar-refractivity contribution in [2.24, 2.45) is 11.7 Å². The Morgan fingerprint density at radius 3 is 3.18 bits per heavy atom. The minimum Gasteiger partial charge on any atom is -0.330 e. The van der Waals surface area contributed by atoms with Crippen LogP contribution in [0.25, 0.3) is 0 Å². The van der Waals surface area contributed by atoms with E-state index in [2.05, 4.69) is 12.2 Å². The Kier molecular flexibility index (Phi) is 6.05. The van der Waals surface area contributed by atoms with Crippen LogP contribution in [0.2, 0.25) is 0 Å². The van der Waals surface area contributed by atoms with Crippen LogP contribution in [0.4, 0.5) is 5.00 Å². The van der Waals surface area contributed by atoms with Crippen molar-refractivity contribution in [3.8, 4) is 6.07 Å². The van der Waals surface area contributed by atoms with Gasteiger partial charge in [-0.3, -0.25) is 4.79 Å². The maximum Gasteiger partial charge on any atom is 0.235 e. The predicted octanol–water partition coefficient (Wildman–Crippen LogP) is 1.89. The minimum atomic E-state index is -0.0711. The van der Waals surface area contributed by atoms with E-state index in [1.807, 2.05) is 6.07 Å². The monoisotopic (exact) mass is 269 g/mol. The SMILES string of the molecule is CC(CN)CSCC(=O)Nc1sccc1C#N. The third-order valence-corrected chi connectivity index (χ3v) is 4.18. The summed E-state index contributed by atoms with van der Waals surface area (Å²) in [6.45, 7) is 2.69. The van der Waals surface area contributed by atoms with Gasteiger partial charge in [-0.25, -0.2) is 0 Å². The number of carbonyl (C=O) groups is 1. The summed E-state index contributed by atoms with van der Waals surface area (Å²) in [5.41, 5.74) is 6.01. The van der Waals surface area contributed by atoms with Gasteiger partial charge < -0.3 is 11.1 Å². The lowest BCUT2D eigenvalue weighted by Gasteiger charge is -2.07. The average Bonchev–Trinajstić information content (AvgIpc) is 2.76. The minimum absolute atomic E-state index is 0.0711. The Labute approximate surface area is 109 Å². The van der Waals surface area contributed by atoms with Gasteiger partial charge in [0.1, 0.15) is 11.1 Å². The number of hydrogen-bond donors (Lipinski definition) is 2. The van der Waals surface area contributed by atoms with Crippen molar-refractivity contribution >= 4 is 34.0 Å². The molecule has 0 saturated heterocycles. The normalized spacial score (nSPS) is 11.8. The number of thioether (sulfide) groups is 1. The highest BCUT2D eigenvalue weighted by atomic mass is 32.2. The van der Waals surface area contributed by atoms with E-state index in [9.17, 15) is 4.79 Å². The number of hydrogen-bond acceptors (Lipinski definition) is 5. The van der Waals surface area contributed by atoms with Crippen molar-refractivity contribution in [3.05, 3.63) is 17.0 Å². The van der Waals surface area contributed by atoms with Crippen LogP contribution < -0.4 is 11.1 Å². The standard InChI is InChI=1S/C11H15N3OS2/c1-8(4-12)6-16-7-10(15)14-11-9(5-13)2-3-17-11/h2-3,8H,4,6-7,12H2,1H3,(H,14,15). The fourth-order valence-electron chi connectivity index (χ4n) is 1.08. The van der Waals surface area contributed by atoms with Gasteiger partial charge in [-0.1, -0.05) is 6.92 Å². The molecule has 0 aliphatic carbocycles. The number of thiophene rings is 1. The van der Waals surface area contributed by atoms with Gasteiger partial charge in [0.05, 0.1) is 11.3 Å². The van der Waals surface area contributed by atoms with Gasteiger partial charge in [0.2, 0.25) is 5.91 Å². The summed E-state index contributed by atoms with van der Waals surface area (Å²) in [5, 5.41) is 13.9. The van der Waals surface area contributed by atoms with Crippen molar-refractivity contribution in [2.75, 3.05) is 23.4 Å². The van der Waals surface area contributed by atoms with Crippen LogP contribution in [-0.4, -0.2) is 24.0 Å². The number of nitrogens with one attached hydrogen (secondary N) is 1. The summed E-state index contributed by atoms with van der Waals surface area (Å²) in [4.78, 5) is 11.6. The number of nitriles is 1. The molecule has 4 nitrogen and oxygen atoms in total. The Bertz CT molecular complexity index is 411. The van der Waals surface area contributed by atoms with Crippen LogP contribution in [0.3, 0.4) is 0 Å². The molecule has 0 aliphatic rings. The van der Waals surface area contributed by atoms with E-state index in [0.29, 0.717) is 28.8 Å². The molecule has 92 valence electrons. The molecule has 1 rings (SSSR count). The molecule has 1 amide bonds. The second kappa shape index (κ2) is 7.33. The first-order valence-corrected chi connectivity index (χ1v) is 7.26. The van der Waals surface area contributed by atoms with Crippen molar-refractivity contribution in [1.29, 1.82) is 5.26 Å². The summed E-state index contributed by atoms with van der Waals surface area (Å²) in [7, 11) is 0. The van der Waals surface area contributed by atoms with Gasteiger partial charge >= 0.3 is 0 Å². The van der Waals surface area contributed by atoms with Crippen molar-refractivity contribution in [2.45, 2.75) is 6.92 Å². The van der Waals surface area contributed by atoms with Crippen LogP contribution >= 0.6 is 23.1 Å². The maximum absolute atomic E-state index is 11.6. The van der Waals surface area contributed by atoms with E-state index < -0.39 is 0 Å². The van der Waals surface area contributed by atoms with Crippen LogP contribution in [0.5, 0.6) is 0 Å². The zero-order valence-corrected chi connectivity index (χ0v) is 11.2. The lowest BCUT2D eigenvalue weighted by Crippen LogP contribution is -2.17. The molecular formula is C11H15N3OS2. The highest BCUT2D eigenvalue weighted by molar-refractivity contribution is 7.99. The Balaban J connectivity index is 2.33. The molecule has 0 saturated carbocycles. The molecule has 1 atom stereocenters. The molecule has 17 heavy (non-hydrogen) atoms. The lowest BCUT2D eigenvalue weighted by molar-refractivity contribution is -0.113. The van der Waals surface area contributed by atoms with Gasteiger partial charge in [0.15, 0.2) is 0 Å². The van der Waals surface area contributed by atoms with Crippen molar-refractivity contribution in [3.63, 3.8) is 0 Å². The first-order chi connectivity index (χ1) is 8.17. The summed E-state index contributed by atoms with van der Waals surface area (Å²) in [6.07, 6.45) is 0. The first kappa shape index (κ1) is 14.0. The molecule has 0 radical (unpaired) electrons. The fourth-order valence-corrected chi connectivity index (χ4v) is 2.75. The Morgan fingerprint density at radius 1 is 1.76 bits per heavy atom. The summed E-state index contributed by atoms with van der Waals surface area (Å²) in [5.74, 6) is 1.62.